The van der Waals surface area contributed by atoms with Crippen LogP contribution in [0.1, 0.15) is 31.7 Å². The summed E-state index contributed by atoms with van der Waals surface area (Å²) in [4.78, 5) is 12.0. The lowest BCUT2D eigenvalue weighted by Gasteiger charge is -2.43. The van der Waals surface area contributed by atoms with E-state index in [0.717, 1.165) is 19.3 Å². The van der Waals surface area contributed by atoms with E-state index in [0.29, 0.717) is 6.61 Å². The highest BCUT2D eigenvalue weighted by molar-refractivity contribution is 5.75. The lowest BCUT2D eigenvalue weighted by atomic mass is 9.72. The SMILES string of the molecule is COC[C@@H](C)NC(=O)NC1(c2ccccc2)CCC1. The van der Waals surface area contributed by atoms with Crippen molar-refractivity contribution in [3.63, 3.8) is 0 Å². The average Bonchev–Trinajstić information content (AvgIpc) is 2.35. The maximum absolute atomic E-state index is 12.0. The third-order valence-electron chi connectivity index (χ3n) is 3.68. The maximum Gasteiger partial charge on any atom is 0.315 e. The summed E-state index contributed by atoms with van der Waals surface area (Å²) in [5.74, 6) is 0. The van der Waals surface area contributed by atoms with Gasteiger partial charge in [0, 0.05) is 7.11 Å². The molecule has 1 aromatic carbocycles. The van der Waals surface area contributed by atoms with Gasteiger partial charge < -0.3 is 15.4 Å². The Balaban J connectivity index is 1.98. The van der Waals surface area contributed by atoms with Crippen LogP contribution < -0.4 is 10.6 Å². The lowest BCUT2D eigenvalue weighted by molar-refractivity contribution is 0.156. The molecule has 2 N–H and O–H groups in total. The number of benzene rings is 1. The molecule has 104 valence electrons. The van der Waals surface area contributed by atoms with Crippen molar-refractivity contribution in [2.24, 2.45) is 0 Å². The van der Waals surface area contributed by atoms with Crippen molar-refractivity contribution in [1.29, 1.82) is 0 Å². The van der Waals surface area contributed by atoms with Crippen LogP contribution in [-0.4, -0.2) is 25.8 Å². The quantitative estimate of drug-likeness (QED) is 0.856. The molecule has 1 aliphatic rings. The molecule has 1 aliphatic carbocycles. The Bertz CT molecular complexity index is 415. The zero-order valence-electron chi connectivity index (χ0n) is 11.6. The molecule has 0 aliphatic heterocycles. The number of methoxy groups -OCH3 is 1. The van der Waals surface area contributed by atoms with Crippen molar-refractivity contribution in [3.8, 4) is 0 Å². The summed E-state index contributed by atoms with van der Waals surface area (Å²) in [5.41, 5.74) is 1.01. The molecule has 0 radical (unpaired) electrons. The van der Waals surface area contributed by atoms with Crippen LogP contribution in [-0.2, 0) is 10.3 Å². The molecule has 1 saturated carbocycles. The molecule has 0 spiro atoms. The fourth-order valence-corrected chi connectivity index (χ4v) is 2.54. The number of hydrogen-bond donors (Lipinski definition) is 2. The summed E-state index contributed by atoms with van der Waals surface area (Å²) in [7, 11) is 1.63. The normalized spacial score (nSPS) is 18.2. The first kappa shape index (κ1) is 13.9. The Hall–Kier alpha value is -1.55. The van der Waals surface area contributed by atoms with Gasteiger partial charge in [-0.1, -0.05) is 30.3 Å². The number of carbonyl (C=O) groups excluding carboxylic acids is 1. The standard InChI is InChI=1S/C15H22N2O2/c1-12(11-19-2)16-14(18)17-15(9-6-10-15)13-7-4-3-5-8-13/h3-5,7-8,12H,6,9-11H2,1-2H3,(H2,16,17,18)/t12-/m1/s1. The van der Waals surface area contributed by atoms with E-state index in [-0.39, 0.29) is 17.6 Å². The molecule has 2 amide bonds. The second-order valence-electron chi connectivity index (χ2n) is 5.26. The van der Waals surface area contributed by atoms with E-state index in [9.17, 15) is 4.79 Å². The predicted molar refractivity (Wildman–Crippen MR) is 75.0 cm³/mol. The molecule has 0 bridgehead atoms. The molecule has 4 heteroatoms. The van der Waals surface area contributed by atoms with Crippen LogP contribution in [0.15, 0.2) is 30.3 Å². The molecule has 2 rings (SSSR count). The van der Waals surface area contributed by atoms with Crippen molar-refractivity contribution >= 4 is 6.03 Å². The zero-order valence-corrected chi connectivity index (χ0v) is 11.6. The van der Waals surface area contributed by atoms with Gasteiger partial charge in [0.25, 0.3) is 0 Å². The van der Waals surface area contributed by atoms with Gasteiger partial charge in [-0.3, -0.25) is 0 Å². The van der Waals surface area contributed by atoms with Crippen LogP contribution in [0.5, 0.6) is 0 Å². The highest BCUT2D eigenvalue weighted by atomic mass is 16.5. The average molecular weight is 262 g/mol. The number of ether oxygens (including phenoxy) is 1. The molecule has 0 saturated heterocycles. The van der Waals surface area contributed by atoms with E-state index < -0.39 is 0 Å². The van der Waals surface area contributed by atoms with Crippen LogP contribution in [0.2, 0.25) is 0 Å². The first-order chi connectivity index (χ1) is 9.16. The number of rotatable bonds is 5. The molecule has 1 aromatic rings. The molecule has 4 nitrogen and oxygen atoms in total. The van der Waals surface area contributed by atoms with Gasteiger partial charge in [0.2, 0.25) is 0 Å². The lowest BCUT2D eigenvalue weighted by Crippen LogP contribution is -2.55. The Kier molecular flexibility index (Phi) is 4.43. The molecule has 1 fully saturated rings. The Labute approximate surface area is 114 Å². The minimum atomic E-state index is -0.182. The van der Waals surface area contributed by atoms with E-state index in [1.54, 1.807) is 7.11 Å². The van der Waals surface area contributed by atoms with Gasteiger partial charge in [0.05, 0.1) is 18.2 Å². The third-order valence-corrected chi connectivity index (χ3v) is 3.68. The summed E-state index contributed by atoms with van der Waals surface area (Å²) in [6.45, 7) is 2.45. The van der Waals surface area contributed by atoms with Crippen molar-refractivity contribution in [2.45, 2.75) is 37.8 Å². The minimum Gasteiger partial charge on any atom is -0.383 e. The number of urea groups is 1. The molecule has 1 atom stereocenters. The zero-order chi connectivity index (χ0) is 13.7. The van der Waals surface area contributed by atoms with Crippen LogP contribution in [0.25, 0.3) is 0 Å². The van der Waals surface area contributed by atoms with Gasteiger partial charge in [0.15, 0.2) is 0 Å². The fourth-order valence-electron chi connectivity index (χ4n) is 2.54. The molecule has 0 heterocycles. The highest BCUT2D eigenvalue weighted by Crippen LogP contribution is 2.40. The molecule has 19 heavy (non-hydrogen) atoms. The number of hydrogen-bond acceptors (Lipinski definition) is 2. The number of amides is 2. The van der Waals surface area contributed by atoms with Gasteiger partial charge in [-0.15, -0.1) is 0 Å². The summed E-state index contributed by atoms with van der Waals surface area (Å²) >= 11 is 0. The topological polar surface area (TPSA) is 50.4 Å². The van der Waals surface area contributed by atoms with Crippen molar-refractivity contribution in [2.75, 3.05) is 13.7 Å². The number of nitrogens with one attached hydrogen (secondary N) is 2. The second kappa shape index (κ2) is 6.06. The smallest absolute Gasteiger partial charge is 0.315 e. The maximum atomic E-state index is 12.0. The molecular weight excluding hydrogens is 240 g/mol. The van der Waals surface area contributed by atoms with Crippen molar-refractivity contribution in [3.05, 3.63) is 35.9 Å². The van der Waals surface area contributed by atoms with E-state index in [1.807, 2.05) is 25.1 Å². The van der Waals surface area contributed by atoms with Gasteiger partial charge in [-0.2, -0.15) is 0 Å². The monoisotopic (exact) mass is 262 g/mol. The summed E-state index contributed by atoms with van der Waals surface area (Å²) in [6.07, 6.45) is 3.16. The minimum absolute atomic E-state index is 0.0119. The predicted octanol–water partition coefficient (Wildman–Crippen LogP) is 2.40. The van der Waals surface area contributed by atoms with Gasteiger partial charge in [0.1, 0.15) is 0 Å². The highest BCUT2D eigenvalue weighted by Gasteiger charge is 2.39. The van der Waals surface area contributed by atoms with E-state index >= 15 is 0 Å². The summed E-state index contributed by atoms with van der Waals surface area (Å²) < 4.78 is 5.02. The largest absolute Gasteiger partial charge is 0.383 e. The van der Waals surface area contributed by atoms with E-state index in [4.69, 9.17) is 4.74 Å². The second-order valence-corrected chi connectivity index (χ2v) is 5.26. The van der Waals surface area contributed by atoms with Crippen molar-refractivity contribution in [1.82, 2.24) is 10.6 Å². The molecule has 0 unspecified atom stereocenters. The van der Waals surface area contributed by atoms with Crippen LogP contribution >= 0.6 is 0 Å². The van der Waals surface area contributed by atoms with E-state index in [2.05, 4.69) is 22.8 Å². The number of carbonyl (C=O) groups is 1. The summed E-state index contributed by atoms with van der Waals surface area (Å²) in [5, 5.41) is 6.03. The van der Waals surface area contributed by atoms with E-state index in [1.165, 1.54) is 5.56 Å². The van der Waals surface area contributed by atoms with Crippen molar-refractivity contribution < 1.29 is 9.53 Å². The Morgan fingerprint density at radius 2 is 2.05 bits per heavy atom. The summed E-state index contributed by atoms with van der Waals surface area (Å²) in [6, 6.07) is 10.1. The molecule has 0 aromatic heterocycles. The Morgan fingerprint density at radius 3 is 2.58 bits per heavy atom. The van der Waals surface area contributed by atoms with Gasteiger partial charge >= 0.3 is 6.03 Å². The van der Waals surface area contributed by atoms with Crippen LogP contribution in [0, 0.1) is 0 Å². The third kappa shape index (κ3) is 3.26. The Morgan fingerprint density at radius 1 is 1.37 bits per heavy atom. The van der Waals surface area contributed by atoms with Crippen LogP contribution in [0.3, 0.4) is 0 Å². The fraction of sp³-hybridized carbons (Fsp3) is 0.533. The van der Waals surface area contributed by atoms with Crippen LogP contribution in [0.4, 0.5) is 4.79 Å². The van der Waals surface area contributed by atoms with Gasteiger partial charge in [-0.05, 0) is 31.7 Å². The van der Waals surface area contributed by atoms with Gasteiger partial charge in [-0.25, -0.2) is 4.79 Å². The first-order valence-electron chi connectivity index (χ1n) is 6.79. The molecular formula is C15H22N2O2. The first-order valence-corrected chi connectivity index (χ1v) is 6.79.